The van der Waals surface area contributed by atoms with Crippen LogP contribution in [0, 0.1) is 12.3 Å². The number of nitrogens with zero attached hydrogens (tertiary/aromatic N) is 2. The molecule has 0 amide bonds. The smallest absolute Gasteiger partial charge is 0.229 e. The minimum absolute atomic E-state index is 0.0692. The first-order chi connectivity index (χ1) is 14.3. The van der Waals surface area contributed by atoms with Crippen molar-refractivity contribution < 1.29 is 9.53 Å². The van der Waals surface area contributed by atoms with Crippen LogP contribution in [0.25, 0.3) is 0 Å². The number of hydrogen-bond donors (Lipinski definition) is 2. The molecule has 0 fully saturated rings. The number of hydrogen-bond acceptors (Lipinski definition) is 6. The third-order valence-corrected chi connectivity index (χ3v) is 5.22. The number of para-hydroxylation sites is 2. The van der Waals surface area contributed by atoms with Crippen LogP contribution in [0.15, 0.2) is 48.5 Å². The highest BCUT2D eigenvalue weighted by Crippen LogP contribution is 2.38. The van der Waals surface area contributed by atoms with Gasteiger partial charge in [-0.3, -0.25) is 4.79 Å². The summed E-state index contributed by atoms with van der Waals surface area (Å²) in [6.45, 7) is 6.23. The predicted octanol–water partition coefficient (Wildman–Crippen LogP) is 5.44. The number of Topliss-reactive ketones (excluding diaryl/α,β-unsaturated/α-hetero) is 1. The van der Waals surface area contributed by atoms with Crippen LogP contribution in [0.5, 0.6) is 5.75 Å². The lowest BCUT2D eigenvalue weighted by Gasteiger charge is -2.30. The number of carbonyl (C=O) groups is 1. The number of anilines is 4. The minimum atomic E-state index is -0.138. The maximum absolute atomic E-state index is 13.0. The van der Waals surface area contributed by atoms with E-state index in [4.69, 9.17) is 9.72 Å². The first-order valence-corrected chi connectivity index (χ1v) is 10.0. The van der Waals surface area contributed by atoms with Crippen LogP contribution in [0.2, 0.25) is 0 Å². The van der Waals surface area contributed by atoms with Crippen molar-refractivity contribution in [1.29, 1.82) is 0 Å². The summed E-state index contributed by atoms with van der Waals surface area (Å²) in [6, 6.07) is 15.6. The van der Waals surface area contributed by atoms with Crippen molar-refractivity contribution in [2.75, 3.05) is 17.7 Å². The first kappa shape index (κ1) is 19.9. The van der Waals surface area contributed by atoms with Crippen molar-refractivity contribution in [2.24, 2.45) is 5.41 Å². The van der Waals surface area contributed by atoms with E-state index >= 15 is 0 Å². The van der Waals surface area contributed by atoms with Crippen molar-refractivity contribution in [3.8, 4) is 5.75 Å². The van der Waals surface area contributed by atoms with Gasteiger partial charge in [0.1, 0.15) is 11.6 Å². The Morgan fingerprint density at radius 1 is 0.967 bits per heavy atom. The van der Waals surface area contributed by atoms with Gasteiger partial charge in [-0.15, -0.1) is 0 Å². The molecule has 0 bridgehead atoms. The number of fused-ring (bicyclic) bond motifs is 1. The maximum atomic E-state index is 13.0. The van der Waals surface area contributed by atoms with Gasteiger partial charge >= 0.3 is 0 Å². The fourth-order valence-electron chi connectivity index (χ4n) is 3.76. The molecule has 0 unspecified atom stereocenters. The molecule has 1 aliphatic rings. The third-order valence-electron chi connectivity index (χ3n) is 5.22. The zero-order chi connectivity index (χ0) is 21.3. The minimum Gasteiger partial charge on any atom is -0.495 e. The lowest BCUT2D eigenvalue weighted by atomic mass is 9.75. The number of benzene rings is 2. The van der Waals surface area contributed by atoms with Crippen LogP contribution >= 0.6 is 0 Å². The van der Waals surface area contributed by atoms with E-state index in [9.17, 15) is 4.79 Å². The molecule has 0 atom stereocenters. The highest BCUT2D eigenvalue weighted by Gasteiger charge is 2.35. The molecule has 2 N–H and O–H groups in total. The van der Waals surface area contributed by atoms with E-state index in [1.54, 1.807) is 7.11 Å². The molecule has 0 spiro atoms. The average molecular weight is 402 g/mol. The molecule has 0 aliphatic heterocycles. The first-order valence-electron chi connectivity index (χ1n) is 10.0. The zero-order valence-electron chi connectivity index (χ0n) is 17.7. The molecule has 6 nitrogen and oxygen atoms in total. The zero-order valence-corrected chi connectivity index (χ0v) is 17.7. The van der Waals surface area contributed by atoms with Crippen LogP contribution in [0.3, 0.4) is 0 Å². The molecule has 30 heavy (non-hydrogen) atoms. The van der Waals surface area contributed by atoms with E-state index in [1.807, 2.05) is 55.5 Å². The Kier molecular flexibility index (Phi) is 5.16. The summed E-state index contributed by atoms with van der Waals surface area (Å²) >= 11 is 0. The molecule has 0 saturated carbocycles. The Morgan fingerprint density at radius 2 is 1.70 bits per heavy atom. The van der Waals surface area contributed by atoms with Crippen LogP contribution < -0.4 is 15.4 Å². The van der Waals surface area contributed by atoms with Crippen LogP contribution in [-0.4, -0.2) is 22.9 Å². The number of rotatable bonds is 5. The van der Waals surface area contributed by atoms with E-state index in [1.165, 1.54) is 5.56 Å². The number of aryl methyl sites for hydroxylation is 1. The molecule has 2 aromatic carbocycles. The topological polar surface area (TPSA) is 76.1 Å². The van der Waals surface area contributed by atoms with E-state index < -0.39 is 0 Å². The Morgan fingerprint density at radius 3 is 2.43 bits per heavy atom. The molecule has 3 aromatic rings. The van der Waals surface area contributed by atoms with Gasteiger partial charge in [-0.1, -0.05) is 43.7 Å². The lowest BCUT2D eigenvalue weighted by molar-refractivity contribution is 0.0911. The SMILES string of the molecule is COc1ccccc1Nc1nc2c(c(Nc3ccc(C)cc3)n1)C(=O)CC(C)(C)C2. The standard InChI is InChI=1S/C24H26N4O2/c1-15-9-11-16(12-10-15)25-22-21-18(13-24(2,3)14-19(21)29)27-23(28-22)26-17-7-5-6-8-20(17)30-4/h5-12H,13-14H2,1-4H3,(H2,25,26,27,28). The Bertz CT molecular complexity index is 1090. The largest absolute Gasteiger partial charge is 0.495 e. The van der Waals surface area contributed by atoms with Crippen molar-refractivity contribution in [3.05, 3.63) is 65.4 Å². The van der Waals surface area contributed by atoms with Crippen molar-refractivity contribution >= 4 is 28.9 Å². The van der Waals surface area contributed by atoms with Crippen molar-refractivity contribution in [1.82, 2.24) is 9.97 Å². The Balaban J connectivity index is 1.78. The molecule has 154 valence electrons. The molecule has 0 saturated heterocycles. The third kappa shape index (κ3) is 4.13. The number of carbonyl (C=O) groups excluding carboxylic acids is 1. The second kappa shape index (κ2) is 7.78. The van der Waals surface area contributed by atoms with Gasteiger partial charge in [0.25, 0.3) is 0 Å². The normalized spacial score (nSPS) is 14.7. The van der Waals surface area contributed by atoms with Crippen LogP contribution in [-0.2, 0) is 6.42 Å². The number of aromatic nitrogens is 2. The summed E-state index contributed by atoms with van der Waals surface area (Å²) < 4.78 is 5.43. The van der Waals surface area contributed by atoms with E-state index in [0.29, 0.717) is 35.9 Å². The molecular formula is C24H26N4O2. The summed E-state index contributed by atoms with van der Waals surface area (Å²) in [5.74, 6) is 1.73. The number of ether oxygens (including phenoxy) is 1. The van der Waals surface area contributed by atoms with Crippen LogP contribution in [0.1, 0.15) is 41.9 Å². The van der Waals surface area contributed by atoms with Gasteiger partial charge in [0.15, 0.2) is 5.78 Å². The molecule has 6 heteroatoms. The van der Waals surface area contributed by atoms with Crippen molar-refractivity contribution in [3.63, 3.8) is 0 Å². The number of nitrogens with one attached hydrogen (secondary N) is 2. The lowest BCUT2D eigenvalue weighted by Crippen LogP contribution is -2.29. The summed E-state index contributed by atoms with van der Waals surface area (Å²) in [7, 11) is 1.62. The molecular weight excluding hydrogens is 376 g/mol. The Hall–Kier alpha value is -3.41. The highest BCUT2D eigenvalue weighted by molar-refractivity contribution is 6.03. The summed E-state index contributed by atoms with van der Waals surface area (Å²) in [5, 5.41) is 6.58. The van der Waals surface area contributed by atoms with Gasteiger partial charge in [-0.2, -0.15) is 4.98 Å². The molecule has 4 rings (SSSR count). The van der Waals surface area contributed by atoms with E-state index in [-0.39, 0.29) is 11.2 Å². The number of ketones is 1. The monoisotopic (exact) mass is 402 g/mol. The quantitative estimate of drug-likeness (QED) is 0.592. The van der Waals surface area contributed by atoms with Crippen LogP contribution in [0.4, 0.5) is 23.1 Å². The molecule has 1 aromatic heterocycles. The van der Waals surface area contributed by atoms with Gasteiger partial charge in [0.05, 0.1) is 24.1 Å². The summed E-state index contributed by atoms with van der Waals surface area (Å²) in [4.78, 5) is 22.3. The van der Waals surface area contributed by atoms with Gasteiger partial charge in [0, 0.05) is 12.1 Å². The second-order valence-electron chi connectivity index (χ2n) is 8.47. The van der Waals surface area contributed by atoms with E-state index in [2.05, 4.69) is 29.5 Å². The predicted molar refractivity (Wildman–Crippen MR) is 119 cm³/mol. The Labute approximate surface area is 176 Å². The average Bonchev–Trinajstić information content (AvgIpc) is 2.68. The highest BCUT2D eigenvalue weighted by atomic mass is 16.5. The number of methoxy groups -OCH3 is 1. The fourth-order valence-corrected chi connectivity index (χ4v) is 3.76. The maximum Gasteiger partial charge on any atom is 0.229 e. The fraction of sp³-hybridized carbons (Fsp3) is 0.292. The second-order valence-corrected chi connectivity index (χ2v) is 8.47. The summed E-state index contributed by atoms with van der Waals surface area (Å²) in [6.07, 6.45) is 1.19. The molecule has 1 heterocycles. The molecule has 1 aliphatic carbocycles. The van der Waals surface area contributed by atoms with Crippen molar-refractivity contribution in [2.45, 2.75) is 33.6 Å². The van der Waals surface area contributed by atoms with Gasteiger partial charge in [-0.05, 0) is 43.0 Å². The van der Waals surface area contributed by atoms with Gasteiger partial charge < -0.3 is 15.4 Å². The van der Waals surface area contributed by atoms with Gasteiger partial charge in [0.2, 0.25) is 5.95 Å². The van der Waals surface area contributed by atoms with Gasteiger partial charge in [-0.25, -0.2) is 4.98 Å². The summed E-state index contributed by atoms with van der Waals surface area (Å²) in [5.41, 5.74) is 4.02. The van der Waals surface area contributed by atoms with E-state index in [0.717, 1.165) is 17.1 Å². The molecule has 0 radical (unpaired) electrons.